The maximum atomic E-state index is 12.2. The van der Waals surface area contributed by atoms with Crippen molar-refractivity contribution < 1.29 is 14.7 Å². The lowest BCUT2D eigenvalue weighted by molar-refractivity contribution is -0.139. The van der Waals surface area contributed by atoms with Gasteiger partial charge in [0.15, 0.2) is 0 Å². The molecule has 1 heterocycles. The predicted octanol–water partition coefficient (Wildman–Crippen LogP) is 1.43. The van der Waals surface area contributed by atoms with Gasteiger partial charge in [-0.15, -0.1) is 0 Å². The molecule has 0 unspecified atom stereocenters. The van der Waals surface area contributed by atoms with Gasteiger partial charge in [0.1, 0.15) is 0 Å². The maximum absolute atomic E-state index is 12.2. The Kier molecular flexibility index (Phi) is 6.84. The average Bonchev–Trinajstić information content (AvgIpc) is 2.37. The minimum Gasteiger partial charge on any atom is -0.481 e. The number of amides is 1. The highest BCUT2D eigenvalue weighted by atomic mass is 16.4. The van der Waals surface area contributed by atoms with Crippen molar-refractivity contribution >= 4 is 11.9 Å². The molecule has 0 aromatic heterocycles. The van der Waals surface area contributed by atoms with E-state index in [1.807, 2.05) is 16.7 Å². The molecule has 1 aliphatic heterocycles. The molecule has 5 heteroatoms. The van der Waals surface area contributed by atoms with E-state index in [4.69, 9.17) is 5.11 Å². The SMILES string of the molecule is CCCN(CCC(=O)O)CC(=O)N1CCC(C)CC1. The molecule has 0 aromatic rings. The van der Waals surface area contributed by atoms with Gasteiger partial charge in [0.05, 0.1) is 13.0 Å². The van der Waals surface area contributed by atoms with Gasteiger partial charge < -0.3 is 10.0 Å². The molecule has 0 aromatic carbocycles. The van der Waals surface area contributed by atoms with Crippen molar-refractivity contribution in [1.82, 2.24) is 9.80 Å². The van der Waals surface area contributed by atoms with Gasteiger partial charge in [-0.1, -0.05) is 13.8 Å². The van der Waals surface area contributed by atoms with E-state index >= 15 is 0 Å². The summed E-state index contributed by atoms with van der Waals surface area (Å²) in [6, 6.07) is 0. The standard InChI is InChI=1S/C14H26N2O3/c1-3-7-15(8-6-14(18)19)11-13(17)16-9-4-12(2)5-10-16/h12H,3-11H2,1-2H3,(H,18,19). The summed E-state index contributed by atoms with van der Waals surface area (Å²) in [5.41, 5.74) is 0. The Labute approximate surface area is 115 Å². The Morgan fingerprint density at radius 2 is 1.89 bits per heavy atom. The van der Waals surface area contributed by atoms with Crippen molar-refractivity contribution in [2.45, 2.75) is 39.5 Å². The molecule has 110 valence electrons. The van der Waals surface area contributed by atoms with Crippen LogP contribution in [-0.4, -0.2) is 59.5 Å². The highest BCUT2D eigenvalue weighted by Crippen LogP contribution is 2.16. The van der Waals surface area contributed by atoms with Gasteiger partial charge in [-0.3, -0.25) is 14.5 Å². The summed E-state index contributed by atoms with van der Waals surface area (Å²) in [4.78, 5) is 26.7. The lowest BCUT2D eigenvalue weighted by Gasteiger charge is -2.32. The highest BCUT2D eigenvalue weighted by molar-refractivity contribution is 5.78. The van der Waals surface area contributed by atoms with Crippen LogP contribution in [0.4, 0.5) is 0 Å². The third kappa shape index (κ3) is 6.05. The van der Waals surface area contributed by atoms with Crippen LogP contribution in [0.15, 0.2) is 0 Å². The number of carboxylic acids is 1. The van der Waals surface area contributed by atoms with Crippen LogP contribution in [-0.2, 0) is 9.59 Å². The lowest BCUT2D eigenvalue weighted by Crippen LogP contribution is -2.44. The summed E-state index contributed by atoms with van der Waals surface area (Å²) >= 11 is 0. The Bertz CT molecular complexity index is 299. The molecule has 1 aliphatic rings. The summed E-state index contributed by atoms with van der Waals surface area (Å²) in [5.74, 6) is 0.0499. The number of hydrogen-bond donors (Lipinski definition) is 1. The summed E-state index contributed by atoms with van der Waals surface area (Å²) in [7, 11) is 0. The summed E-state index contributed by atoms with van der Waals surface area (Å²) in [5, 5.41) is 8.72. The predicted molar refractivity (Wildman–Crippen MR) is 74.0 cm³/mol. The second kappa shape index (κ2) is 8.15. The van der Waals surface area contributed by atoms with E-state index in [1.165, 1.54) is 0 Å². The molecular formula is C14H26N2O3. The fourth-order valence-electron chi connectivity index (χ4n) is 2.39. The largest absolute Gasteiger partial charge is 0.481 e. The Balaban J connectivity index is 2.39. The molecule has 0 bridgehead atoms. The molecule has 0 aliphatic carbocycles. The minimum atomic E-state index is -0.805. The molecule has 1 fully saturated rings. The molecule has 1 amide bonds. The molecule has 0 saturated carbocycles. The van der Waals surface area contributed by atoms with E-state index < -0.39 is 5.97 Å². The molecule has 19 heavy (non-hydrogen) atoms. The van der Waals surface area contributed by atoms with Crippen LogP contribution in [0.1, 0.15) is 39.5 Å². The van der Waals surface area contributed by atoms with Crippen LogP contribution < -0.4 is 0 Å². The number of hydrogen-bond acceptors (Lipinski definition) is 3. The summed E-state index contributed by atoms with van der Waals surface area (Å²) in [6.45, 7) is 7.55. The Morgan fingerprint density at radius 3 is 2.42 bits per heavy atom. The quantitative estimate of drug-likeness (QED) is 0.760. The first-order chi connectivity index (χ1) is 9.02. The monoisotopic (exact) mass is 270 g/mol. The molecule has 5 nitrogen and oxygen atoms in total. The second-order valence-corrected chi connectivity index (χ2v) is 5.48. The Hall–Kier alpha value is -1.10. The first-order valence-electron chi connectivity index (χ1n) is 7.24. The Morgan fingerprint density at radius 1 is 1.26 bits per heavy atom. The zero-order chi connectivity index (χ0) is 14.3. The van der Waals surface area contributed by atoms with Crippen LogP contribution in [0.2, 0.25) is 0 Å². The molecule has 0 radical (unpaired) electrons. The van der Waals surface area contributed by atoms with Gasteiger partial charge in [0, 0.05) is 19.6 Å². The van der Waals surface area contributed by atoms with E-state index in [0.717, 1.165) is 38.9 Å². The third-order valence-electron chi connectivity index (χ3n) is 3.68. The van der Waals surface area contributed by atoms with Crippen LogP contribution in [0.5, 0.6) is 0 Å². The first kappa shape index (κ1) is 16.0. The van der Waals surface area contributed by atoms with E-state index in [0.29, 0.717) is 19.0 Å². The normalized spacial score (nSPS) is 16.9. The van der Waals surface area contributed by atoms with E-state index in [-0.39, 0.29) is 12.3 Å². The average molecular weight is 270 g/mol. The number of carboxylic acid groups (broad SMARTS) is 1. The fourth-order valence-corrected chi connectivity index (χ4v) is 2.39. The molecule has 1 rings (SSSR count). The smallest absolute Gasteiger partial charge is 0.304 e. The van der Waals surface area contributed by atoms with Crippen LogP contribution in [0, 0.1) is 5.92 Å². The van der Waals surface area contributed by atoms with Crippen molar-refractivity contribution in [2.24, 2.45) is 5.92 Å². The summed E-state index contributed by atoms with van der Waals surface area (Å²) < 4.78 is 0. The van der Waals surface area contributed by atoms with Gasteiger partial charge >= 0.3 is 5.97 Å². The van der Waals surface area contributed by atoms with E-state index in [2.05, 4.69) is 6.92 Å². The zero-order valence-corrected chi connectivity index (χ0v) is 12.1. The highest BCUT2D eigenvalue weighted by Gasteiger charge is 2.21. The van der Waals surface area contributed by atoms with Crippen molar-refractivity contribution in [3.05, 3.63) is 0 Å². The molecule has 1 saturated heterocycles. The van der Waals surface area contributed by atoms with Crippen molar-refractivity contribution in [1.29, 1.82) is 0 Å². The fraction of sp³-hybridized carbons (Fsp3) is 0.857. The third-order valence-corrected chi connectivity index (χ3v) is 3.68. The number of piperidine rings is 1. The molecular weight excluding hydrogens is 244 g/mol. The minimum absolute atomic E-state index is 0.102. The second-order valence-electron chi connectivity index (χ2n) is 5.48. The van der Waals surface area contributed by atoms with Crippen LogP contribution >= 0.6 is 0 Å². The van der Waals surface area contributed by atoms with Crippen molar-refractivity contribution in [3.63, 3.8) is 0 Å². The number of aliphatic carboxylic acids is 1. The molecule has 1 N–H and O–H groups in total. The van der Waals surface area contributed by atoms with Gasteiger partial charge in [-0.2, -0.15) is 0 Å². The maximum Gasteiger partial charge on any atom is 0.304 e. The van der Waals surface area contributed by atoms with Gasteiger partial charge in [0.2, 0.25) is 5.91 Å². The van der Waals surface area contributed by atoms with Crippen molar-refractivity contribution in [3.8, 4) is 0 Å². The molecule has 0 spiro atoms. The van der Waals surface area contributed by atoms with Gasteiger partial charge in [-0.05, 0) is 31.7 Å². The van der Waals surface area contributed by atoms with Gasteiger partial charge in [-0.25, -0.2) is 0 Å². The van der Waals surface area contributed by atoms with E-state index in [1.54, 1.807) is 0 Å². The number of likely N-dealkylation sites (tertiary alicyclic amines) is 1. The molecule has 0 atom stereocenters. The van der Waals surface area contributed by atoms with Gasteiger partial charge in [0.25, 0.3) is 0 Å². The number of rotatable bonds is 7. The van der Waals surface area contributed by atoms with Crippen molar-refractivity contribution in [2.75, 3.05) is 32.7 Å². The first-order valence-corrected chi connectivity index (χ1v) is 7.24. The topological polar surface area (TPSA) is 60.9 Å². The zero-order valence-electron chi connectivity index (χ0n) is 12.1. The van der Waals surface area contributed by atoms with E-state index in [9.17, 15) is 9.59 Å². The lowest BCUT2D eigenvalue weighted by atomic mass is 9.99. The number of carbonyl (C=O) groups is 2. The van der Waals surface area contributed by atoms with Crippen LogP contribution in [0.25, 0.3) is 0 Å². The number of nitrogens with zero attached hydrogens (tertiary/aromatic N) is 2. The number of carbonyl (C=O) groups excluding carboxylic acids is 1. The summed E-state index contributed by atoms with van der Waals surface area (Å²) in [6.07, 6.45) is 3.19. The van der Waals surface area contributed by atoms with Crippen LogP contribution in [0.3, 0.4) is 0 Å².